The number of likely N-dealkylation sites (tertiary alicyclic amines) is 1. The predicted octanol–water partition coefficient (Wildman–Crippen LogP) is 1.45. The number of rotatable bonds is 5. The maximum atomic E-state index is 11.2. The molecule has 3 N–H and O–H groups in total. The monoisotopic (exact) mass is 358 g/mol. The topological polar surface area (TPSA) is 85.0 Å². The molecule has 0 bridgehead atoms. The molecule has 1 aliphatic rings. The summed E-state index contributed by atoms with van der Waals surface area (Å²) in [4.78, 5) is 13.2. The number of nitrogens with zero attached hydrogens (tertiary/aromatic N) is 1. The average molecular weight is 359 g/mol. The van der Waals surface area contributed by atoms with Gasteiger partial charge < -0.3 is 20.3 Å². The summed E-state index contributed by atoms with van der Waals surface area (Å²) in [5, 5.41) is 9.17. The Kier molecular flexibility index (Phi) is 4.75. The van der Waals surface area contributed by atoms with Crippen molar-refractivity contribution in [2.24, 2.45) is 5.73 Å². The van der Waals surface area contributed by atoms with Crippen molar-refractivity contribution in [3.63, 3.8) is 0 Å². The highest BCUT2D eigenvalue weighted by atomic mass is 79.9. The molecule has 1 atom stereocenters. The van der Waals surface area contributed by atoms with Crippen LogP contribution in [0.2, 0.25) is 0 Å². The number of hydrogen-bond donors (Lipinski definition) is 2. The summed E-state index contributed by atoms with van der Waals surface area (Å²) < 4.78 is 11.5. The number of carboxylic acids is 1. The molecule has 6 nitrogen and oxygen atoms in total. The zero-order valence-electron chi connectivity index (χ0n) is 12.1. The molecule has 1 aromatic carbocycles. The number of ether oxygens (including phenoxy) is 2. The van der Waals surface area contributed by atoms with Crippen LogP contribution in [0.15, 0.2) is 16.6 Å². The molecule has 0 spiro atoms. The van der Waals surface area contributed by atoms with E-state index in [9.17, 15) is 9.90 Å². The summed E-state index contributed by atoms with van der Waals surface area (Å²) in [5.41, 5.74) is 5.67. The number of nitrogens with two attached hydrogens (primary N) is 1. The largest absolute Gasteiger partial charge is 0.496 e. The second kappa shape index (κ2) is 6.21. The van der Waals surface area contributed by atoms with Crippen molar-refractivity contribution in [3.05, 3.63) is 22.2 Å². The van der Waals surface area contributed by atoms with Gasteiger partial charge in [0.1, 0.15) is 17.0 Å². The van der Waals surface area contributed by atoms with Gasteiger partial charge in [-0.2, -0.15) is 0 Å². The van der Waals surface area contributed by atoms with Crippen LogP contribution in [0.4, 0.5) is 0 Å². The van der Waals surface area contributed by atoms with Gasteiger partial charge in [-0.3, -0.25) is 9.69 Å². The van der Waals surface area contributed by atoms with Crippen molar-refractivity contribution in [1.82, 2.24) is 4.90 Å². The third kappa shape index (κ3) is 3.30. The summed E-state index contributed by atoms with van der Waals surface area (Å²) in [6, 6.07) is 3.73. The fourth-order valence-electron chi connectivity index (χ4n) is 2.51. The van der Waals surface area contributed by atoms with E-state index < -0.39 is 11.5 Å². The van der Waals surface area contributed by atoms with Crippen molar-refractivity contribution in [2.45, 2.75) is 18.5 Å². The molecule has 2 rings (SSSR count). The highest BCUT2D eigenvalue weighted by Crippen LogP contribution is 2.34. The minimum atomic E-state index is -1.16. The molecule has 7 heteroatoms. The van der Waals surface area contributed by atoms with Gasteiger partial charge in [-0.15, -0.1) is 0 Å². The van der Waals surface area contributed by atoms with E-state index in [1.54, 1.807) is 14.2 Å². The number of hydrogen-bond acceptors (Lipinski definition) is 5. The molecule has 1 aliphatic heterocycles. The lowest BCUT2D eigenvalue weighted by molar-refractivity contribution is -0.142. The Bertz CT molecular complexity index is 552. The molecule has 1 heterocycles. The van der Waals surface area contributed by atoms with Gasteiger partial charge in [0.25, 0.3) is 0 Å². The van der Waals surface area contributed by atoms with Gasteiger partial charge in [0, 0.05) is 25.2 Å². The van der Waals surface area contributed by atoms with E-state index in [1.165, 1.54) is 0 Å². The van der Waals surface area contributed by atoms with E-state index in [2.05, 4.69) is 15.9 Å². The zero-order chi connectivity index (χ0) is 15.6. The van der Waals surface area contributed by atoms with Crippen LogP contribution in [0.1, 0.15) is 12.0 Å². The lowest BCUT2D eigenvalue weighted by atomic mass is 10.0. The molecule has 0 saturated carbocycles. The first-order chi connectivity index (χ1) is 9.89. The van der Waals surface area contributed by atoms with Crippen LogP contribution < -0.4 is 15.2 Å². The van der Waals surface area contributed by atoms with E-state index in [0.717, 1.165) is 15.8 Å². The molecule has 0 aliphatic carbocycles. The zero-order valence-corrected chi connectivity index (χ0v) is 13.6. The average Bonchev–Trinajstić information content (AvgIpc) is 2.83. The minimum Gasteiger partial charge on any atom is -0.496 e. The van der Waals surface area contributed by atoms with Crippen LogP contribution in [-0.2, 0) is 11.3 Å². The van der Waals surface area contributed by atoms with Gasteiger partial charge in [-0.05, 0) is 34.5 Å². The van der Waals surface area contributed by atoms with Crippen LogP contribution in [0.3, 0.4) is 0 Å². The second-order valence-corrected chi connectivity index (χ2v) is 6.07. The van der Waals surface area contributed by atoms with Crippen molar-refractivity contribution in [3.8, 4) is 11.5 Å². The van der Waals surface area contributed by atoms with Crippen molar-refractivity contribution in [1.29, 1.82) is 0 Å². The summed E-state index contributed by atoms with van der Waals surface area (Å²) in [7, 11) is 3.20. The summed E-state index contributed by atoms with van der Waals surface area (Å²) in [6.45, 7) is 1.53. The minimum absolute atomic E-state index is 0.323. The van der Waals surface area contributed by atoms with Gasteiger partial charge >= 0.3 is 5.97 Å². The highest BCUT2D eigenvalue weighted by Gasteiger charge is 2.41. The molecule has 1 fully saturated rings. The first-order valence-electron chi connectivity index (χ1n) is 6.54. The van der Waals surface area contributed by atoms with E-state index in [1.807, 2.05) is 17.0 Å². The first-order valence-corrected chi connectivity index (χ1v) is 7.34. The van der Waals surface area contributed by atoms with E-state index in [4.69, 9.17) is 15.2 Å². The Labute approximate surface area is 131 Å². The van der Waals surface area contributed by atoms with Crippen LogP contribution in [0, 0.1) is 0 Å². The van der Waals surface area contributed by atoms with Crippen molar-refractivity contribution < 1.29 is 19.4 Å². The highest BCUT2D eigenvalue weighted by molar-refractivity contribution is 9.10. The predicted molar refractivity (Wildman–Crippen MR) is 81.7 cm³/mol. The number of methoxy groups -OCH3 is 2. The smallest absolute Gasteiger partial charge is 0.325 e. The fraction of sp³-hybridized carbons (Fsp3) is 0.500. The third-order valence-corrected chi connectivity index (χ3v) is 4.37. The van der Waals surface area contributed by atoms with Gasteiger partial charge in [0.05, 0.1) is 18.7 Å². The van der Waals surface area contributed by atoms with Gasteiger partial charge in [0.15, 0.2) is 0 Å². The lowest BCUT2D eigenvalue weighted by Gasteiger charge is -2.21. The molecule has 1 saturated heterocycles. The van der Waals surface area contributed by atoms with Gasteiger partial charge in [-0.25, -0.2) is 0 Å². The molecule has 0 aromatic heterocycles. The molecule has 0 amide bonds. The fourth-order valence-corrected chi connectivity index (χ4v) is 3.00. The first kappa shape index (κ1) is 16.1. The molecule has 116 valence electrons. The van der Waals surface area contributed by atoms with Crippen LogP contribution in [-0.4, -0.2) is 48.8 Å². The molecule has 0 radical (unpaired) electrons. The Hall–Kier alpha value is -1.31. The SMILES string of the molecule is COc1cc(CN2CCC(N)(C(=O)O)C2)c(OC)cc1Br. The Morgan fingerprint density at radius 2 is 2.10 bits per heavy atom. The summed E-state index contributed by atoms with van der Waals surface area (Å²) in [6.07, 6.45) is 0.443. The lowest BCUT2D eigenvalue weighted by Crippen LogP contribution is -2.50. The van der Waals surface area contributed by atoms with Crippen LogP contribution >= 0.6 is 15.9 Å². The number of carboxylic acid groups (broad SMARTS) is 1. The van der Waals surface area contributed by atoms with Crippen LogP contribution in [0.25, 0.3) is 0 Å². The summed E-state index contributed by atoms with van der Waals surface area (Å²) in [5.74, 6) is 0.486. The quantitative estimate of drug-likeness (QED) is 0.828. The van der Waals surface area contributed by atoms with E-state index in [0.29, 0.717) is 31.8 Å². The molecule has 21 heavy (non-hydrogen) atoms. The Balaban J connectivity index is 2.18. The van der Waals surface area contributed by atoms with Crippen molar-refractivity contribution in [2.75, 3.05) is 27.3 Å². The molecular formula is C14H19BrN2O4. The van der Waals surface area contributed by atoms with Crippen LogP contribution in [0.5, 0.6) is 11.5 Å². The molecule has 1 aromatic rings. The maximum absolute atomic E-state index is 11.2. The molecule has 1 unspecified atom stereocenters. The van der Waals surface area contributed by atoms with E-state index >= 15 is 0 Å². The Morgan fingerprint density at radius 3 is 2.62 bits per heavy atom. The van der Waals surface area contributed by atoms with Crippen molar-refractivity contribution >= 4 is 21.9 Å². The van der Waals surface area contributed by atoms with Gasteiger partial charge in [-0.1, -0.05) is 0 Å². The number of aliphatic carboxylic acids is 1. The van der Waals surface area contributed by atoms with Gasteiger partial charge in [0.2, 0.25) is 0 Å². The third-order valence-electron chi connectivity index (χ3n) is 3.75. The number of carbonyl (C=O) groups is 1. The summed E-state index contributed by atoms with van der Waals surface area (Å²) >= 11 is 3.42. The normalized spacial score (nSPS) is 22.3. The number of halogens is 1. The standard InChI is InChI=1S/C14H19BrN2O4/c1-20-11-6-10(15)12(21-2)5-9(11)7-17-4-3-14(16,8-17)13(18)19/h5-6H,3-4,7-8,16H2,1-2H3,(H,18,19). The van der Waals surface area contributed by atoms with E-state index in [-0.39, 0.29) is 0 Å². The second-order valence-electron chi connectivity index (χ2n) is 5.22. The Morgan fingerprint density at radius 1 is 1.43 bits per heavy atom. The number of benzene rings is 1. The maximum Gasteiger partial charge on any atom is 0.325 e. The molecular weight excluding hydrogens is 340 g/mol.